The van der Waals surface area contributed by atoms with Crippen molar-refractivity contribution in [3.05, 3.63) is 71.7 Å². The summed E-state index contributed by atoms with van der Waals surface area (Å²) in [7, 11) is 0. The minimum Gasteiger partial charge on any atom is -0.464 e. The second kappa shape index (κ2) is 4.31. The minimum absolute atomic E-state index is 0.218. The van der Waals surface area contributed by atoms with Gasteiger partial charge in [0, 0.05) is 0 Å². The summed E-state index contributed by atoms with van der Waals surface area (Å²) in [4.78, 5) is 0. The molecule has 2 N–H and O–H groups in total. The normalized spacial score (nSPS) is 12.8. The summed E-state index contributed by atoms with van der Waals surface area (Å²) in [6.07, 6.45) is 0. The number of rotatable bonds is 2. The molecule has 1 atom stereocenters. The Kier molecular flexibility index (Phi) is 2.65. The van der Waals surface area contributed by atoms with Gasteiger partial charge in [0.15, 0.2) is 0 Å². The molecule has 0 saturated carbocycles. The van der Waals surface area contributed by atoms with E-state index in [1.165, 1.54) is 10.8 Å². The van der Waals surface area contributed by atoms with Crippen LogP contribution in [0.15, 0.2) is 59.0 Å². The second-order valence-corrected chi connectivity index (χ2v) is 4.49. The molecule has 1 aromatic heterocycles. The van der Waals surface area contributed by atoms with E-state index < -0.39 is 0 Å². The quantitative estimate of drug-likeness (QED) is 0.736. The lowest BCUT2D eigenvalue weighted by Crippen LogP contribution is -2.11. The highest BCUT2D eigenvalue weighted by molar-refractivity contribution is 5.86. The molecule has 0 aliphatic rings. The lowest BCUT2D eigenvalue weighted by Gasteiger charge is -2.12. The third kappa shape index (κ3) is 1.81. The average molecular weight is 237 g/mol. The molecule has 0 spiro atoms. The first-order valence-corrected chi connectivity index (χ1v) is 6.05. The van der Waals surface area contributed by atoms with Gasteiger partial charge in [-0.25, -0.2) is 0 Å². The van der Waals surface area contributed by atoms with Gasteiger partial charge in [0.25, 0.3) is 0 Å². The highest BCUT2D eigenvalue weighted by Crippen LogP contribution is 2.28. The predicted molar refractivity (Wildman–Crippen MR) is 73.4 cm³/mol. The van der Waals surface area contributed by atoms with Gasteiger partial charge >= 0.3 is 0 Å². The zero-order valence-corrected chi connectivity index (χ0v) is 10.3. The molecule has 2 aromatic carbocycles. The van der Waals surface area contributed by atoms with E-state index >= 15 is 0 Å². The van der Waals surface area contributed by atoms with Crippen molar-refractivity contribution in [3.8, 4) is 0 Å². The van der Waals surface area contributed by atoms with Gasteiger partial charge in [0.1, 0.15) is 11.5 Å². The first-order valence-electron chi connectivity index (χ1n) is 6.05. The van der Waals surface area contributed by atoms with E-state index in [-0.39, 0.29) is 6.04 Å². The molecule has 0 saturated heterocycles. The van der Waals surface area contributed by atoms with Crippen molar-refractivity contribution in [1.82, 2.24) is 0 Å². The Morgan fingerprint density at radius 2 is 1.72 bits per heavy atom. The van der Waals surface area contributed by atoms with Crippen LogP contribution in [0.4, 0.5) is 0 Å². The Labute approximate surface area is 106 Å². The highest BCUT2D eigenvalue weighted by Gasteiger charge is 2.14. The summed E-state index contributed by atoms with van der Waals surface area (Å²) in [6, 6.07) is 18.1. The van der Waals surface area contributed by atoms with Crippen LogP contribution >= 0.6 is 0 Å². The molecule has 0 radical (unpaired) electrons. The molecule has 0 fully saturated rings. The van der Waals surface area contributed by atoms with Crippen LogP contribution in [0.25, 0.3) is 10.8 Å². The number of fused-ring (bicyclic) bond motifs is 1. The van der Waals surface area contributed by atoms with Gasteiger partial charge in [0.05, 0.1) is 6.04 Å². The largest absolute Gasteiger partial charge is 0.464 e. The fraction of sp³-hybridized carbons (Fsp3) is 0.125. The molecule has 1 unspecified atom stereocenters. The number of hydrogen-bond donors (Lipinski definition) is 1. The van der Waals surface area contributed by atoms with Crippen molar-refractivity contribution >= 4 is 10.8 Å². The number of furan rings is 1. The lowest BCUT2D eigenvalue weighted by molar-refractivity contribution is 0.467. The number of hydrogen-bond acceptors (Lipinski definition) is 2. The molecule has 0 bridgehead atoms. The number of aryl methyl sites for hydroxylation is 1. The molecule has 2 nitrogen and oxygen atoms in total. The Bertz CT molecular complexity index is 679. The van der Waals surface area contributed by atoms with Crippen molar-refractivity contribution in [3.63, 3.8) is 0 Å². The Balaban J connectivity index is 2.14. The van der Waals surface area contributed by atoms with E-state index in [9.17, 15) is 0 Å². The summed E-state index contributed by atoms with van der Waals surface area (Å²) in [5.74, 6) is 1.70. The maximum absolute atomic E-state index is 6.30. The predicted octanol–water partition coefficient (Wildman–Crippen LogP) is 3.79. The first-order chi connectivity index (χ1) is 8.75. The van der Waals surface area contributed by atoms with Gasteiger partial charge in [-0.1, -0.05) is 42.5 Å². The molecule has 90 valence electrons. The van der Waals surface area contributed by atoms with E-state index in [1.54, 1.807) is 0 Å². The molecule has 1 heterocycles. The van der Waals surface area contributed by atoms with Gasteiger partial charge < -0.3 is 10.2 Å². The van der Waals surface area contributed by atoms with Crippen LogP contribution in [0.5, 0.6) is 0 Å². The van der Waals surface area contributed by atoms with E-state index in [1.807, 2.05) is 37.3 Å². The SMILES string of the molecule is Cc1ccc(C(N)c2cccc3ccccc23)o1. The van der Waals surface area contributed by atoms with Crippen molar-refractivity contribution in [1.29, 1.82) is 0 Å². The molecule has 18 heavy (non-hydrogen) atoms. The van der Waals surface area contributed by atoms with Crippen molar-refractivity contribution < 1.29 is 4.42 Å². The zero-order chi connectivity index (χ0) is 12.5. The van der Waals surface area contributed by atoms with Crippen LogP contribution in [-0.4, -0.2) is 0 Å². The summed E-state index contributed by atoms with van der Waals surface area (Å²) in [5, 5.41) is 2.38. The molecular weight excluding hydrogens is 222 g/mol. The fourth-order valence-electron chi connectivity index (χ4n) is 2.30. The van der Waals surface area contributed by atoms with Gasteiger partial charge in [-0.05, 0) is 35.4 Å². The molecule has 3 aromatic rings. The molecule has 0 aliphatic carbocycles. The average Bonchev–Trinajstić information content (AvgIpc) is 2.84. The maximum Gasteiger partial charge on any atom is 0.125 e. The van der Waals surface area contributed by atoms with Gasteiger partial charge in [-0.3, -0.25) is 0 Å². The van der Waals surface area contributed by atoms with Gasteiger partial charge in [0.2, 0.25) is 0 Å². The number of benzene rings is 2. The smallest absolute Gasteiger partial charge is 0.125 e. The summed E-state index contributed by atoms with van der Waals surface area (Å²) >= 11 is 0. The minimum atomic E-state index is -0.218. The van der Waals surface area contributed by atoms with Crippen molar-refractivity contribution in [2.75, 3.05) is 0 Å². The van der Waals surface area contributed by atoms with Crippen LogP contribution < -0.4 is 5.73 Å². The van der Waals surface area contributed by atoms with E-state index in [4.69, 9.17) is 10.2 Å². The molecule has 0 amide bonds. The second-order valence-electron chi connectivity index (χ2n) is 4.49. The standard InChI is InChI=1S/C16H15NO/c1-11-9-10-15(18-11)16(17)14-8-4-6-12-5-2-3-7-13(12)14/h2-10,16H,17H2,1H3. The Morgan fingerprint density at radius 1 is 0.944 bits per heavy atom. The fourth-order valence-corrected chi connectivity index (χ4v) is 2.30. The number of nitrogens with two attached hydrogens (primary N) is 1. The zero-order valence-electron chi connectivity index (χ0n) is 10.3. The lowest BCUT2D eigenvalue weighted by atomic mass is 9.98. The summed E-state index contributed by atoms with van der Waals surface area (Å²) < 4.78 is 5.62. The van der Waals surface area contributed by atoms with Crippen LogP contribution in [0.1, 0.15) is 23.1 Å². The third-order valence-electron chi connectivity index (χ3n) is 3.23. The van der Waals surface area contributed by atoms with Crippen LogP contribution in [-0.2, 0) is 0 Å². The van der Waals surface area contributed by atoms with E-state index in [2.05, 4.69) is 24.3 Å². The third-order valence-corrected chi connectivity index (χ3v) is 3.23. The van der Waals surface area contributed by atoms with Gasteiger partial charge in [-0.2, -0.15) is 0 Å². The van der Waals surface area contributed by atoms with E-state index in [0.29, 0.717) is 0 Å². The molecule has 0 aliphatic heterocycles. The van der Waals surface area contributed by atoms with Crippen LogP contribution in [0, 0.1) is 6.92 Å². The maximum atomic E-state index is 6.30. The van der Waals surface area contributed by atoms with Crippen LogP contribution in [0.3, 0.4) is 0 Å². The van der Waals surface area contributed by atoms with Gasteiger partial charge in [-0.15, -0.1) is 0 Å². The first kappa shape index (κ1) is 11.1. The molecule has 3 rings (SSSR count). The summed E-state index contributed by atoms with van der Waals surface area (Å²) in [5.41, 5.74) is 7.40. The topological polar surface area (TPSA) is 39.2 Å². The monoisotopic (exact) mass is 237 g/mol. The molecular formula is C16H15NO. The Morgan fingerprint density at radius 3 is 2.50 bits per heavy atom. The van der Waals surface area contributed by atoms with Crippen molar-refractivity contribution in [2.45, 2.75) is 13.0 Å². The van der Waals surface area contributed by atoms with Crippen molar-refractivity contribution in [2.24, 2.45) is 5.73 Å². The Hall–Kier alpha value is -2.06. The van der Waals surface area contributed by atoms with Crippen LogP contribution in [0.2, 0.25) is 0 Å². The van der Waals surface area contributed by atoms with E-state index in [0.717, 1.165) is 17.1 Å². The summed E-state index contributed by atoms with van der Waals surface area (Å²) in [6.45, 7) is 1.93. The molecule has 2 heteroatoms. The highest BCUT2D eigenvalue weighted by atomic mass is 16.3.